The van der Waals surface area contributed by atoms with Crippen LogP contribution in [0.15, 0.2) is 42.5 Å². The van der Waals surface area contributed by atoms with E-state index in [9.17, 15) is 18.0 Å². The topological polar surface area (TPSA) is 60.5 Å². The SMILES string of the molecule is CC(C)N(Cc1ccc2c(c1)OCCCO2)C(=O)C1CN(Cc2ccccc2OC(F)(F)F)CCO1. The molecule has 2 aromatic carbocycles. The summed E-state index contributed by atoms with van der Waals surface area (Å²) in [7, 11) is 0. The van der Waals surface area contributed by atoms with Crippen molar-refractivity contribution in [1.29, 1.82) is 0 Å². The maximum Gasteiger partial charge on any atom is 0.573 e. The molecule has 1 saturated heterocycles. The second-order valence-corrected chi connectivity index (χ2v) is 9.14. The Morgan fingerprint density at radius 1 is 1.11 bits per heavy atom. The molecule has 1 atom stereocenters. The number of carbonyl (C=O) groups excluding carboxylic acids is 1. The molecule has 0 N–H and O–H groups in total. The number of amides is 1. The maximum atomic E-state index is 13.5. The van der Waals surface area contributed by atoms with Gasteiger partial charge in [-0.3, -0.25) is 9.69 Å². The van der Waals surface area contributed by atoms with E-state index in [-0.39, 0.29) is 30.8 Å². The molecule has 2 heterocycles. The maximum absolute atomic E-state index is 13.5. The second kappa shape index (κ2) is 11.4. The van der Waals surface area contributed by atoms with Crippen molar-refractivity contribution in [1.82, 2.24) is 9.80 Å². The Labute approximate surface area is 208 Å². The highest BCUT2D eigenvalue weighted by atomic mass is 19.4. The van der Waals surface area contributed by atoms with Crippen LogP contribution in [0.5, 0.6) is 17.2 Å². The summed E-state index contributed by atoms with van der Waals surface area (Å²) in [6, 6.07) is 11.6. The number of halogens is 3. The van der Waals surface area contributed by atoms with Crippen molar-refractivity contribution in [3.05, 3.63) is 53.6 Å². The molecule has 2 aliphatic heterocycles. The summed E-state index contributed by atoms with van der Waals surface area (Å²) < 4.78 is 59.9. The van der Waals surface area contributed by atoms with Gasteiger partial charge in [0.05, 0.1) is 19.8 Å². The number of hydrogen-bond donors (Lipinski definition) is 0. The molecule has 7 nitrogen and oxygen atoms in total. The van der Waals surface area contributed by atoms with Crippen LogP contribution in [0.4, 0.5) is 13.2 Å². The zero-order valence-corrected chi connectivity index (χ0v) is 20.4. The lowest BCUT2D eigenvalue weighted by molar-refractivity contribution is -0.275. The van der Waals surface area contributed by atoms with Gasteiger partial charge in [-0.25, -0.2) is 0 Å². The number of nitrogens with zero attached hydrogens (tertiary/aromatic N) is 2. The van der Waals surface area contributed by atoms with Crippen molar-refractivity contribution in [2.45, 2.75) is 51.9 Å². The van der Waals surface area contributed by atoms with Crippen LogP contribution >= 0.6 is 0 Å². The van der Waals surface area contributed by atoms with Crippen LogP contribution in [0.25, 0.3) is 0 Å². The first-order chi connectivity index (χ1) is 17.2. The smallest absolute Gasteiger partial charge is 0.490 e. The van der Waals surface area contributed by atoms with Gasteiger partial charge in [-0.15, -0.1) is 13.2 Å². The first-order valence-electron chi connectivity index (χ1n) is 12.1. The molecule has 1 fully saturated rings. The predicted octanol–water partition coefficient (Wildman–Crippen LogP) is 4.38. The van der Waals surface area contributed by atoms with Gasteiger partial charge in [0.1, 0.15) is 11.9 Å². The number of morpholine rings is 1. The van der Waals surface area contributed by atoms with Gasteiger partial charge < -0.3 is 23.8 Å². The molecular formula is C26H31F3N2O5. The Balaban J connectivity index is 1.43. The van der Waals surface area contributed by atoms with Crippen molar-refractivity contribution >= 4 is 5.91 Å². The van der Waals surface area contributed by atoms with Crippen LogP contribution in [0.3, 0.4) is 0 Å². The summed E-state index contributed by atoms with van der Waals surface area (Å²) >= 11 is 0. The van der Waals surface area contributed by atoms with Gasteiger partial charge in [0.25, 0.3) is 5.91 Å². The Morgan fingerprint density at radius 2 is 1.86 bits per heavy atom. The van der Waals surface area contributed by atoms with E-state index in [1.807, 2.05) is 36.9 Å². The van der Waals surface area contributed by atoms with E-state index < -0.39 is 12.5 Å². The molecule has 1 unspecified atom stereocenters. The minimum Gasteiger partial charge on any atom is -0.490 e. The van der Waals surface area contributed by atoms with E-state index >= 15 is 0 Å². The molecule has 0 saturated carbocycles. The summed E-state index contributed by atoms with van der Waals surface area (Å²) in [6.45, 7) is 6.70. The number of hydrogen-bond acceptors (Lipinski definition) is 6. The second-order valence-electron chi connectivity index (χ2n) is 9.14. The van der Waals surface area contributed by atoms with Gasteiger partial charge in [-0.05, 0) is 37.6 Å². The van der Waals surface area contributed by atoms with Crippen LogP contribution in [0.1, 0.15) is 31.4 Å². The number of ether oxygens (including phenoxy) is 4. The van der Waals surface area contributed by atoms with Crippen molar-refractivity contribution < 1.29 is 36.9 Å². The molecule has 0 bridgehead atoms. The molecule has 36 heavy (non-hydrogen) atoms. The van der Waals surface area contributed by atoms with Crippen molar-refractivity contribution in [2.24, 2.45) is 0 Å². The fourth-order valence-corrected chi connectivity index (χ4v) is 4.30. The van der Waals surface area contributed by atoms with Gasteiger partial charge >= 0.3 is 6.36 Å². The molecule has 2 aromatic rings. The fourth-order valence-electron chi connectivity index (χ4n) is 4.30. The number of carbonyl (C=O) groups is 1. The van der Waals surface area contributed by atoms with Gasteiger partial charge in [0.2, 0.25) is 0 Å². The lowest BCUT2D eigenvalue weighted by atomic mass is 10.1. The van der Waals surface area contributed by atoms with Gasteiger partial charge in [-0.2, -0.15) is 0 Å². The van der Waals surface area contributed by atoms with Crippen molar-refractivity contribution in [3.8, 4) is 17.2 Å². The number of para-hydroxylation sites is 1. The minimum atomic E-state index is -4.77. The van der Waals surface area contributed by atoms with Gasteiger partial charge in [0.15, 0.2) is 11.5 Å². The van der Waals surface area contributed by atoms with E-state index in [1.54, 1.807) is 17.0 Å². The molecule has 0 spiro atoms. The summed E-state index contributed by atoms with van der Waals surface area (Å²) in [4.78, 5) is 17.1. The Bertz CT molecular complexity index is 1050. The third kappa shape index (κ3) is 6.82. The lowest BCUT2D eigenvalue weighted by Crippen LogP contribution is -2.52. The summed E-state index contributed by atoms with van der Waals surface area (Å²) in [6.07, 6.45) is -4.69. The number of rotatable bonds is 7. The molecule has 4 rings (SSSR count). The molecule has 0 radical (unpaired) electrons. The van der Waals surface area contributed by atoms with E-state index in [0.717, 1.165) is 12.0 Å². The number of benzene rings is 2. The van der Waals surface area contributed by atoms with E-state index in [2.05, 4.69) is 4.74 Å². The molecule has 0 aliphatic carbocycles. The predicted molar refractivity (Wildman–Crippen MR) is 126 cm³/mol. The largest absolute Gasteiger partial charge is 0.573 e. The Morgan fingerprint density at radius 3 is 2.61 bits per heavy atom. The average molecular weight is 509 g/mol. The first kappa shape index (κ1) is 26.1. The van der Waals surface area contributed by atoms with E-state index in [1.165, 1.54) is 12.1 Å². The highest BCUT2D eigenvalue weighted by Gasteiger charge is 2.34. The Kier molecular flexibility index (Phi) is 8.25. The zero-order valence-electron chi connectivity index (χ0n) is 20.4. The molecule has 2 aliphatic rings. The summed E-state index contributed by atoms with van der Waals surface area (Å²) in [5.74, 6) is 0.958. The van der Waals surface area contributed by atoms with Crippen molar-refractivity contribution in [3.63, 3.8) is 0 Å². The summed E-state index contributed by atoms with van der Waals surface area (Å²) in [5, 5.41) is 0. The number of fused-ring (bicyclic) bond motifs is 1. The highest BCUT2D eigenvalue weighted by Crippen LogP contribution is 2.31. The van der Waals surface area contributed by atoms with Gasteiger partial charge in [0, 0.05) is 44.2 Å². The quantitative estimate of drug-likeness (QED) is 0.553. The van der Waals surface area contributed by atoms with E-state index in [4.69, 9.17) is 14.2 Å². The first-order valence-corrected chi connectivity index (χ1v) is 12.1. The van der Waals surface area contributed by atoms with Crippen LogP contribution in [-0.2, 0) is 22.6 Å². The molecular weight excluding hydrogens is 477 g/mol. The third-order valence-electron chi connectivity index (χ3n) is 6.09. The normalized spacial score (nSPS) is 18.6. The average Bonchev–Trinajstić information content (AvgIpc) is 3.07. The zero-order chi connectivity index (χ0) is 25.7. The molecule has 1 amide bonds. The molecule has 0 aromatic heterocycles. The molecule has 10 heteroatoms. The summed E-state index contributed by atoms with van der Waals surface area (Å²) in [5.41, 5.74) is 1.31. The monoisotopic (exact) mass is 508 g/mol. The van der Waals surface area contributed by atoms with Gasteiger partial charge in [-0.1, -0.05) is 24.3 Å². The lowest BCUT2D eigenvalue weighted by Gasteiger charge is -2.36. The Hall–Kier alpha value is -2.98. The van der Waals surface area contributed by atoms with Crippen LogP contribution < -0.4 is 14.2 Å². The minimum absolute atomic E-state index is 0.0895. The van der Waals surface area contributed by atoms with E-state index in [0.29, 0.717) is 50.0 Å². The van der Waals surface area contributed by atoms with Crippen LogP contribution in [0.2, 0.25) is 0 Å². The molecule has 196 valence electrons. The standard InChI is InChI=1S/C26H31F3N2O5/c1-18(2)31(15-19-8-9-22-23(14-19)34-12-5-11-33-22)25(32)24-17-30(10-13-35-24)16-20-6-3-4-7-21(20)36-26(27,28)29/h3-4,6-9,14,18,24H,5,10-13,15-17H2,1-2H3. The van der Waals surface area contributed by atoms with Crippen LogP contribution in [0, 0.1) is 0 Å². The number of alkyl halides is 3. The van der Waals surface area contributed by atoms with Crippen LogP contribution in [-0.4, -0.2) is 67.1 Å². The third-order valence-corrected chi connectivity index (χ3v) is 6.09. The van der Waals surface area contributed by atoms with Crippen molar-refractivity contribution in [2.75, 3.05) is 32.9 Å². The highest BCUT2D eigenvalue weighted by molar-refractivity contribution is 5.81. The fraction of sp³-hybridized carbons (Fsp3) is 0.500.